The molecule has 1 rings (SSSR count). The van der Waals surface area contributed by atoms with Gasteiger partial charge in [0.2, 0.25) is 0 Å². The molecule has 3 nitrogen and oxygen atoms in total. The number of hydrogen-bond donors (Lipinski definition) is 0. The number of hydrogen-bond acceptors (Lipinski definition) is 2. The normalized spacial score (nSPS) is 13.4. The van der Waals surface area contributed by atoms with Crippen LogP contribution in [0.15, 0.2) is 30.3 Å². The molecular formula is C10H10N2O. The van der Waals surface area contributed by atoms with Gasteiger partial charge in [-0.25, -0.2) is 0 Å². The summed E-state index contributed by atoms with van der Waals surface area (Å²) >= 11 is 0. The molecule has 0 saturated carbocycles. The molecule has 0 radical (unpaired) electrons. The highest BCUT2D eigenvalue weighted by Gasteiger charge is 2.10. The molecule has 13 heavy (non-hydrogen) atoms. The third-order valence-corrected chi connectivity index (χ3v) is 1.85. The average Bonchev–Trinajstić information content (AvgIpc) is 2.18. The minimum absolute atomic E-state index is 0.305. The van der Waals surface area contributed by atoms with Crippen molar-refractivity contribution in [3.8, 4) is 6.07 Å². The smallest absolute Gasteiger partial charge is 0.253 e. The van der Waals surface area contributed by atoms with Gasteiger partial charge in [-0.1, -0.05) is 30.3 Å². The Morgan fingerprint density at radius 3 is 2.62 bits per heavy atom. The summed E-state index contributed by atoms with van der Waals surface area (Å²) in [6.45, 7) is 1.76. The second-order valence-electron chi connectivity index (χ2n) is 2.70. The maximum Gasteiger partial charge on any atom is 0.253 e. The molecule has 1 aromatic carbocycles. The van der Waals surface area contributed by atoms with E-state index >= 15 is 0 Å². The van der Waals surface area contributed by atoms with E-state index in [2.05, 4.69) is 0 Å². The highest BCUT2D eigenvalue weighted by Crippen LogP contribution is 2.14. The van der Waals surface area contributed by atoms with E-state index in [4.69, 9.17) is 5.26 Å². The Morgan fingerprint density at radius 2 is 2.08 bits per heavy atom. The van der Waals surface area contributed by atoms with Gasteiger partial charge in [0.15, 0.2) is 12.1 Å². The van der Waals surface area contributed by atoms with Crippen LogP contribution in [-0.4, -0.2) is 11.0 Å². The molecule has 3 heteroatoms. The molecule has 0 aliphatic heterocycles. The first-order valence-corrected chi connectivity index (χ1v) is 3.99. The summed E-state index contributed by atoms with van der Waals surface area (Å²) < 4.78 is 0.648. The molecule has 0 saturated heterocycles. The van der Waals surface area contributed by atoms with Gasteiger partial charge in [-0.05, 0) is 0 Å². The first-order valence-electron chi connectivity index (χ1n) is 3.99. The van der Waals surface area contributed by atoms with Crippen molar-refractivity contribution in [2.75, 3.05) is 0 Å². The van der Waals surface area contributed by atoms with E-state index in [0.29, 0.717) is 4.74 Å². The van der Waals surface area contributed by atoms with Crippen molar-refractivity contribution in [3.63, 3.8) is 0 Å². The van der Waals surface area contributed by atoms with Crippen LogP contribution in [-0.2, 0) is 0 Å². The Morgan fingerprint density at radius 1 is 1.46 bits per heavy atom. The zero-order chi connectivity index (χ0) is 9.68. The second kappa shape index (κ2) is 4.27. The van der Waals surface area contributed by atoms with E-state index in [0.717, 1.165) is 11.8 Å². The van der Waals surface area contributed by atoms with Crippen LogP contribution in [0, 0.1) is 16.5 Å². The van der Waals surface area contributed by atoms with Crippen LogP contribution in [0.5, 0.6) is 0 Å². The standard InChI is InChI=1S/C10H10N2O/c1-9(12(13)8-7-11)10-5-3-2-4-6-10/h2-6,8-9H,1H3/b12-8-/t9-/m0/s1. The second-order valence-corrected chi connectivity index (χ2v) is 2.70. The highest BCUT2D eigenvalue weighted by atomic mass is 16.5. The maximum atomic E-state index is 11.2. The van der Waals surface area contributed by atoms with Gasteiger partial charge in [-0.2, -0.15) is 10.0 Å². The first-order chi connectivity index (χ1) is 6.25. The van der Waals surface area contributed by atoms with E-state index in [1.165, 1.54) is 0 Å². The van der Waals surface area contributed by atoms with Crippen LogP contribution >= 0.6 is 0 Å². The molecule has 66 valence electrons. The Balaban J connectivity index is 2.87. The van der Waals surface area contributed by atoms with Crippen molar-refractivity contribution in [2.45, 2.75) is 13.0 Å². The van der Waals surface area contributed by atoms with Crippen LogP contribution in [0.25, 0.3) is 0 Å². The third kappa shape index (κ3) is 2.31. The topological polar surface area (TPSA) is 49.9 Å². The molecule has 0 spiro atoms. The summed E-state index contributed by atoms with van der Waals surface area (Å²) in [5.41, 5.74) is 0.906. The first kappa shape index (κ1) is 9.27. The summed E-state index contributed by atoms with van der Waals surface area (Å²) in [6, 6.07) is 10.7. The van der Waals surface area contributed by atoms with Crippen LogP contribution < -0.4 is 0 Å². The lowest BCUT2D eigenvalue weighted by atomic mass is 10.1. The van der Waals surface area contributed by atoms with Gasteiger partial charge < -0.3 is 5.21 Å². The zero-order valence-electron chi connectivity index (χ0n) is 7.34. The molecule has 0 heterocycles. The lowest BCUT2D eigenvalue weighted by Gasteiger charge is -2.10. The number of nitriles is 1. The molecular weight excluding hydrogens is 164 g/mol. The molecule has 0 unspecified atom stereocenters. The van der Waals surface area contributed by atoms with Gasteiger partial charge in [0.25, 0.3) is 6.21 Å². The van der Waals surface area contributed by atoms with Crippen LogP contribution in [0.1, 0.15) is 18.5 Å². The Bertz CT molecular complexity index is 338. The SMILES string of the molecule is C[C@@H](c1ccccc1)/[N+]([O-])=C/C#N. The van der Waals surface area contributed by atoms with Crippen molar-refractivity contribution >= 4 is 6.21 Å². The quantitative estimate of drug-likeness (QED) is 0.297. The predicted molar refractivity (Wildman–Crippen MR) is 50.2 cm³/mol. The van der Waals surface area contributed by atoms with E-state index in [9.17, 15) is 5.21 Å². The molecule has 0 aliphatic carbocycles. The molecule has 1 aromatic rings. The minimum Gasteiger partial charge on any atom is -0.623 e. The molecule has 0 amide bonds. The summed E-state index contributed by atoms with van der Waals surface area (Å²) in [7, 11) is 0. The van der Waals surface area contributed by atoms with Crippen molar-refractivity contribution < 1.29 is 4.74 Å². The van der Waals surface area contributed by atoms with Gasteiger partial charge >= 0.3 is 0 Å². The van der Waals surface area contributed by atoms with E-state index in [-0.39, 0.29) is 6.04 Å². The van der Waals surface area contributed by atoms with E-state index in [1.54, 1.807) is 13.0 Å². The molecule has 0 N–H and O–H groups in total. The van der Waals surface area contributed by atoms with E-state index in [1.807, 2.05) is 30.3 Å². The van der Waals surface area contributed by atoms with Crippen molar-refractivity contribution in [1.82, 2.24) is 0 Å². The monoisotopic (exact) mass is 174 g/mol. The summed E-state index contributed by atoms with van der Waals surface area (Å²) in [5, 5.41) is 19.5. The number of nitrogens with zero attached hydrogens (tertiary/aromatic N) is 2. The largest absolute Gasteiger partial charge is 0.623 e. The number of benzene rings is 1. The summed E-state index contributed by atoms with van der Waals surface area (Å²) in [5.74, 6) is 0. The fourth-order valence-corrected chi connectivity index (χ4v) is 1.05. The average molecular weight is 174 g/mol. The van der Waals surface area contributed by atoms with Crippen molar-refractivity contribution in [1.29, 1.82) is 5.26 Å². The summed E-state index contributed by atoms with van der Waals surface area (Å²) in [6.07, 6.45) is 0.970. The van der Waals surface area contributed by atoms with Gasteiger partial charge in [-0.3, -0.25) is 0 Å². The van der Waals surface area contributed by atoms with Crippen LogP contribution in [0.4, 0.5) is 0 Å². The van der Waals surface area contributed by atoms with Crippen LogP contribution in [0.3, 0.4) is 0 Å². The maximum absolute atomic E-state index is 11.2. The van der Waals surface area contributed by atoms with Crippen molar-refractivity contribution in [2.24, 2.45) is 0 Å². The van der Waals surface area contributed by atoms with Crippen LogP contribution in [0.2, 0.25) is 0 Å². The lowest BCUT2D eigenvalue weighted by molar-refractivity contribution is -0.497. The Hall–Kier alpha value is -1.82. The summed E-state index contributed by atoms with van der Waals surface area (Å²) in [4.78, 5) is 0. The van der Waals surface area contributed by atoms with Gasteiger partial charge in [0, 0.05) is 12.5 Å². The fraction of sp³-hybridized carbons (Fsp3) is 0.200. The fourth-order valence-electron chi connectivity index (χ4n) is 1.05. The Labute approximate surface area is 77.1 Å². The lowest BCUT2D eigenvalue weighted by Crippen LogP contribution is -2.09. The molecule has 0 aliphatic rings. The molecule has 0 fully saturated rings. The zero-order valence-corrected chi connectivity index (χ0v) is 7.34. The third-order valence-electron chi connectivity index (χ3n) is 1.85. The van der Waals surface area contributed by atoms with Gasteiger partial charge in [0.1, 0.15) is 0 Å². The minimum atomic E-state index is -0.305. The van der Waals surface area contributed by atoms with Crippen molar-refractivity contribution in [3.05, 3.63) is 41.1 Å². The molecule has 1 atom stereocenters. The van der Waals surface area contributed by atoms with Gasteiger partial charge in [-0.15, -0.1) is 0 Å². The van der Waals surface area contributed by atoms with E-state index < -0.39 is 0 Å². The highest BCUT2D eigenvalue weighted by molar-refractivity contribution is 5.70. The Kier molecular flexibility index (Phi) is 3.04. The molecule has 0 aromatic heterocycles. The number of hydroxylamine groups is 1. The predicted octanol–water partition coefficient (Wildman–Crippen LogP) is 1.85. The number of rotatable bonds is 2. The molecule has 0 bridgehead atoms. The van der Waals surface area contributed by atoms with Gasteiger partial charge in [0.05, 0.1) is 0 Å².